The van der Waals surface area contributed by atoms with Gasteiger partial charge in [0.05, 0.1) is 16.1 Å². The Morgan fingerprint density at radius 2 is 1.90 bits per heavy atom. The van der Waals surface area contributed by atoms with E-state index in [4.69, 9.17) is 16.6 Å². The summed E-state index contributed by atoms with van der Waals surface area (Å²) in [5.41, 5.74) is 2.95. The van der Waals surface area contributed by atoms with Crippen LogP contribution in [0, 0.1) is 0 Å². The van der Waals surface area contributed by atoms with Crippen LogP contribution < -0.4 is 0 Å². The Kier molecular flexibility index (Phi) is 2.69. The fraction of sp³-hybridized carbons (Fsp3) is 0.0588. The molecular weight excluding hydrogens is 282 g/mol. The Bertz CT molecular complexity index is 967. The third kappa shape index (κ3) is 1.82. The van der Waals surface area contributed by atoms with Crippen molar-refractivity contribution in [1.29, 1.82) is 0 Å². The lowest BCUT2D eigenvalue weighted by Crippen LogP contribution is -1.93. The van der Waals surface area contributed by atoms with E-state index in [1.807, 2.05) is 54.3 Å². The van der Waals surface area contributed by atoms with Crippen molar-refractivity contribution in [1.82, 2.24) is 14.5 Å². The van der Waals surface area contributed by atoms with Crippen LogP contribution in [0.4, 0.5) is 0 Å². The lowest BCUT2D eigenvalue weighted by atomic mass is 10.1. The molecule has 0 aliphatic heterocycles. The predicted molar refractivity (Wildman–Crippen MR) is 86.5 cm³/mol. The van der Waals surface area contributed by atoms with Gasteiger partial charge in [0, 0.05) is 30.4 Å². The number of aryl methyl sites for hydroxylation is 1. The van der Waals surface area contributed by atoms with Crippen molar-refractivity contribution >= 4 is 33.4 Å². The lowest BCUT2D eigenvalue weighted by molar-refractivity contribution is 0.961. The van der Waals surface area contributed by atoms with Crippen molar-refractivity contribution in [2.45, 2.75) is 0 Å². The van der Waals surface area contributed by atoms with Crippen molar-refractivity contribution in [3.63, 3.8) is 0 Å². The molecule has 21 heavy (non-hydrogen) atoms. The highest BCUT2D eigenvalue weighted by Crippen LogP contribution is 2.32. The lowest BCUT2D eigenvalue weighted by Gasteiger charge is -2.06. The average Bonchev–Trinajstić information content (AvgIpc) is 2.85. The highest BCUT2D eigenvalue weighted by Gasteiger charge is 2.14. The summed E-state index contributed by atoms with van der Waals surface area (Å²) >= 11 is 6.31. The monoisotopic (exact) mass is 293 g/mol. The molecule has 0 saturated heterocycles. The summed E-state index contributed by atoms with van der Waals surface area (Å²) in [6.07, 6.45) is 3.68. The minimum Gasteiger partial charge on any atom is -0.326 e. The summed E-state index contributed by atoms with van der Waals surface area (Å²) in [7, 11) is 2.00. The topological polar surface area (TPSA) is 30.7 Å². The highest BCUT2D eigenvalue weighted by atomic mass is 35.5. The second-order valence-electron chi connectivity index (χ2n) is 5.00. The van der Waals surface area contributed by atoms with E-state index in [0.717, 1.165) is 38.2 Å². The first-order chi connectivity index (χ1) is 10.3. The van der Waals surface area contributed by atoms with E-state index in [-0.39, 0.29) is 0 Å². The quantitative estimate of drug-likeness (QED) is 0.519. The van der Waals surface area contributed by atoms with Gasteiger partial charge in [0.2, 0.25) is 0 Å². The third-order valence-electron chi connectivity index (χ3n) is 3.77. The zero-order valence-electron chi connectivity index (χ0n) is 11.4. The molecule has 0 amide bonds. The van der Waals surface area contributed by atoms with Crippen LogP contribution >= 0.6 is 11.6 Å². The van der Waals surface area contributed by atoms with Crippen LogP contribution in [0.5, 0.6) is 0 Å². The number of aromatic nitrogens is 3. The number of rotatable bonds is 1. The van der Waals surface area contributed by atoms with E-state index >= 15 is 0 Å². The molecule has 4 aromatic rings. The third-order valence-corrected chi connectivity index (χ3v) is 4.07. The SMILES string of the molecule is Cn1c(-c2cccc3cnccc23)nc2cccc(Cl)c21. The minimum atomic E-state index is 0.718. The normalized spacial score (nSPS) is 11.3. The Hall–Kier alpha value is -2.39. The van der Waals surface area contributed by atoms with Crippen LogP contribution in [0.2, 0.25) is 5.02 Å². The van der Waals surface area contributed by atoms with E-state index < -0.39 is 0 Å². The number of pyridine rings is 1. The smallest absolute Gasteiger partial charge is 0.141 e. The number of nitrogens with zero attached hydrogens (tertiary/aromatic N) is 3. The molecule has 0 atom stereocenters. The van der Waals surface area contributed by atoms with Gasteiger partial charge in [0.15, 0.2) is 0 Å². The molecule has 2 heterocycles. The van der Waals surface area contributed by atoms with Crippen LogP contribution in [-0.2, 0) is 7.05 Å². The largest absolute Gasteiger partial charge is 0.326 e. The summed E-state index contributed by atoms with van der Waals surface area (Å²) in [4.78, 5) is 8.93. The number of para-hydroxylation sites is 1. The summed E-state index contributed by atoms with van der Waals surface area (Å²) in [5.74, 6) is 0.912. The molecular formula is C17H12ClN3. The fourth-order valence-corrected chi connectivity index (χ4v) is 3.08. The Labute approximate surface area is 126 Å². The maximum absolute atomic E-state index is 6.31. The number of hydrogen-bond acceptors (Lipinski definition) is 2. The number of fused-ring (bicyclic) bond motifs is 2. The van der Waals surface area contributed by atoms with Gasteiger partial charge >= 0.3 is 0 Å². The van der Waals surface area contributed by atoms with Crippen molar-refractivity contribution in [2.75, 3.05) is 0 Å². The molecule has 4 heteroatoms. The van der Waals surface area contributed by atoms with Gasteiger partial charge in [0.1, 0.15) is 5.82 Å². The molecule has 0 N–H and O–H groups in total. The molecule has 0 saturated carbocycles. The van der Waals surface area contributed by atoms with Gasteiger partial charge < -0.3 is 4.57 Å². The molecule has 0 spiro atoms. The fourth-order valence-electron chi connectivity index (χ4n) is 2.78. The molecule has 0 fully saturated rings. The molecule has 0 aliphatic carbocycles. The first-order valence-electron chi connectivity index (χ1n) is 6.70. The number of benzene rings is 2. The summed E-state index contributed by atoms with van der Waals surface area (Å²) in [5, 5.41) is 2.96. The van der Waals surface area contributed by atoms with E-state index in [1.165, 1.54) is 0 Å². The summed E-state index contributed by atoms with van der Waals surface area (Å²) < 4.78 is 2.05. The minimum absolute atomic E-state index is 0.718. The van der Waals surface area contributed by atoms with E-state index in [9.17, 15) is 0 Å². The van der Waals surface area contributed by atoms with E-state index in [2.05, 4.69) is 17.1 Å². The van der Waals surface area contributed by atoms with Crippen molar-refractivity contribution in [2.24, 2.45) is 7.05 Å². The zero-order chi connectivity index (χ0) is 14.4. The summed E-state index contributed by atoms with van der Waals surface area (Å²) in [6, 6.07) is 14.0. The van der Waals surface area contributed by atoms with Gasteiger partial charge in [-0.1, -0.05) is 35.9 Å². The molecule has 4 rings (SSSR count). The average molecular weight is 294 g/mol. The second-order valence-corrected chi connectivity index (χ2v) is 5.41. The number of halogens is 1. The molecule has 0 bridgehead atoms. The highest BCUT2D eigenvalue weighted by molar-refractivity contribution is 6.35. The van der Waals surface area contributed by atoms with Crippen LogP contribution in [0.15, 0.2) is 54.9 Å². The van der Waals surface area contributed by atoms with Gasteiger partial charge in [-0.3, -0.25) is 4.98 Å². The van der Waals surface area contributed by atoms with Crippen molar-refractivity contribution < 1.29 is 0 Å². The maximum Gasteiger partial charge on any atom is 0.141 e. The Morgan fingerprint density at radius 1 is 1.05 bits per heavy atom. The number of imidazole rings is 1. The van der Waals surface area contributed by atoms with E-state index in [1.54, 1.807) is 0 Å². The zero-order valence-corrected chi connectivity index (χ0v) is 12.2. The standard InChI is InChI=1S/C17H12ClN3/c1-21-16-14(18)6-3-7-15(16)20-17(21)13-5-2-4-11-10-19-9-8-12(11)13/h2-10H,1H3. The predicted octanol–water partition coefficient (Wildman–Crippen LogP) is 4.44. The van der Waals surface area contributed by atoms with Gasteiger partial charge in [-0.25, -0.2) is 4.98 Å². The molecule has 3 nitrogen and oxygen atoms in total. The van der Waals surface area contributed by atoms with Crippen molar-refractivity contribution in [3.05, 3.63) is 59.9 Å². The molecule has 0 unspecified atom stereocenters. The second kappa shape index (κ2) is 4.57. The first-order valence-corrected chi connectivity index (χ1v) is 7.07. The molecule has 2 aromatic heterocycles. The maximum atomic E-state index is 6.31. The Balaban J connectivity index is 2.10. The van der Waals surface area contributed by atoms with Gasteiger partial charge in [-0.2, -0.15) is 0 Å². The molecule has 2 aromatic carbocycles. The van der Waals surface area contributed by atoms with Crippen LogP contribution in [0.25, 0.3) is 33.2 Å². The Morgan fingerprint density at radius 3 is 2.76 bits per heavy atom. The van der Waals surface area contributed by atoms with Crippen molar-refractivity contribution in [3.8, 4) is 11.4 Å². The molecule has 0 radical (unpaired) electrons. The summed E-state index contributed by atoms with van der Waals surface area (Å²) in [6.45, 7) is 0. The van der Waals surface area contributed by atoms with Crippen LogP contribution in [-0.4, -0.2) is 14.5 Å². The molecule has 0 aliphatic rings. The van der Waals surface area contributed by atoms with E-state index in [0.29, 0.717) is 0 Å². The molecule has 102 valence electrons. The van der Waals surface area contributed by atoms with Gasteiger partial charge in [-0.05, 0) is 23.6 Å². The van der Waals surface area contributed by atoms with Crippen LogP contribution in [0.3, 0.4) is 0 Å². The first kappa shape index (κ1) is 12.4. The van der Waals surface area contributed by atoms with Gasteiger partial charge in [0.25, 0.3) is 0 Å². The van der Waals surface area contributed by atoms with Crippen LogP contribution in [0.1, 0.15) is 0 Å². The van der Waals surface area contributed by atoms with Gasteiger partial charge in [-0.15, -0.1) is 0 Å². The number of hydrogen-bond donors (Lipinski definition) is 0.